The third-order valence-corrected chi connectivity index (χ3v) is 6.08. The minimum absolute atomic E-state index is 0.860. The van der Waals surface area contributed by atoms with Crippen LogP contribution in [0.1, 0.15) is 49.6 Å². The van der Waals surface area contributed by atoms with Gasteiger partial charge in [-0.15, -0.1) is 11.3 Å². The summed E-state index contributed by atoms with van der Waals surface area (Å²) in [4.78, 5) is 6.19. The first-order chi connectivity index (χ1) is 14.1. The molecular formula is C23H27N5S. The smallest absolute Gasteiger partial charge is 0.111 e. The molecule has 0 spiro atoms. The summed E-state index contributed by atoms with van der Waals surface area (Å²) in [5.41, 5.74) is 8.12. The maximum Gasteiger partial charge on any atom is 0.111 e. The first-order valence-corrected chi connectivity index (χ1v) is 11.2. The summed E-state index contributed by atoms with van der Waals surface area (Å²) in [6, 6.07) is 10.6. The van der Waals surface area contributed by atoms with E-state index in [2.05, 4.69) is 50.9 Å². The number of unbranched alkanes of at least 4 members (excludes halogenated alkanes) is 3. The lowest BCUT2D eigenvalue weighted by molar-refractivity contribution is 0.668. The van der Waals surface area contributed by atoms with E-state index in [0.29, 0.717) is 0 Å². The second-order valence-electron chi connectivity index (χ2n) is 7.58. The normalized spacial score (nSPS) is 11.3. The monoisotopic (exact) mass is 405 g/mol. The highest BCUT2D eigenvalue weighted by atomic mass is 32.1. The van der Waals surface area contributed by atoms with Gasteiger partial charge in [0.2, 0.25) is 0 Å². The summed E-state index contributed by atoms with van der Waals surface area (Å²) in [7, 11) is 0. The fraction of sp³-hybridized carbons (Fsp3) is 0.348. The van der Waals surface area contributed by atoms with E-state index >= 15 is 0 Å². The van der Waals surface area contributed by atoms with Crippen molar-refractivity contribution >= 4 is 11.3 Å². The van der Waals surface area contributed by atoms with Gasteiger partial charge in [0, 0.05) is 16.3 Å². The van der Waals surface area contributed by atoms with Crippen molar-refractivity contribution in [3.63, 3.8) is 0 Å². The van der Waals surface area contributed by atoms with E-state index in [4.69, 9.17) is 4.98 Å². The Kier molecular flexibility index (Phi) is 5.90. The molecule has 0 aliphatic heterocycles. The van der Waals surface area contributed by atoms with Crippen molar-refractivity contribution in [2.45, 2.75) is 52.9 Å². The van der Waals surface area contributed by atoms with Crippen molar-refractivity contribution in [1.29, 1.82) is 0 Å². The van der Waals surface area contributed by atoms with Gasteiger partial charge in [-0.05, 0) is 73.5 Å². The van der Waals surface area contributed by atoms with Gasteiger partial charge in [-0.1, -0.05) is 26.2 Å². The number of thiophene rings is 1. The lowest BCUT2D eigenvalue weighted by atomic mass is 10.0. The molecule has 0 fully saturated rings. The molecule has 4 heterocycles. The summed E-state index contributed by atoms with van der Waals surface area (Å²) in [6.45, 7) is 6.27. The van der Waals surface area contributed by atoms with E-state index in [1.807, 2.05) is 26.0 Å². The molecule has 4 aromatic heterocycles. The SMILES string of the molecule is CCCCCCc1ccsc1-c1cc(-c2cc(C)[nH]n2)nc(-c2cc(C)[nH]n2)c1. The van der Waals surface area contributed by atoms with Gasteiger partial charge in [-0.3, -0.25) is 10.2 Å². The Morgan fingerprint density at radius 1 is 0.828 bits per heavy atom. The predicted molar refractivity (Wildman–Crippen MR) is 120 cm³/mol. The van der Waals surface area contributed by atoms with Crippen LogP contribution in [0.3, 0.4) is 0 Å². The van der Waals surface area contributed by atoms with Crippen molar-refractivity contribution in [2.75, 3.05) is 0 Å². The quantitative estimate of drug-likeness (QED) is 0.336. The molecule has 0 unspecified atom stereocenters. The van der Waals surface area contributed by atoms with Gasteiger partial charge in [-0.25, -0.2) is 4.98 Å². The molecule has 4 aromatic rings. The standard InChI is InChI=1S/C23H27N5S/c1-4-5-6-7-8-17-9-10-29-23(17)18-13-19(21-11-15(2)25-27-21)24-20(14-18)22-12-16(3)26-28-22/h9-14H,4-8H2,1-3H3,(H,25,27)(H,26,28). The maximum atomic E-state index is 4.87. The predicted octanol–water partition coefficient (Wildman–Crippen LogP) is 6.33. The van der Waals surface area contributed by atoms with Crippen molar-refractivity contribution in [3.8, 4) is 33.2 Å². The Morgan fingerprint density at radius 3 is 2.03 bits per heavy atom. The second kappa shape index (κ2) is 8.74. The Bertz CT molecular complexity index is 1030. The zero-order valence-corrected chi connectivity index (χ0v) is 18.1. The molecule has 0 radical (unpaired) electrons. The van der Waals surface area contributed by atoms with Crippen molar-refractivity contribution in [1.82, 2.24) is 25.4 Å². The fourth-order valence-corrected chi connectivity index (χ4v) is 4.49. The van der Waals surface area contributed by atoms with E-state index in [-0.39, 0.29) is 0 Å². The van der Waals surface area contributed by atoms with Crippen molar-refractivity contribution in [2.24, 2.45) is 0 Å². The number of aromatic nitrogens is 5. The zero-order chi connectivity index (χ0) is 20.2. The molecule has 6 heteroatoms. The molecule has 4 rings (SSSR count). The van der Waals surface area contributed by atoms with Crippen LogP contribution in [0.4, 0.5) is 0 Å². The molecule has 0 aliphatic rings. The minimum atomic E-state index is 0.860. The maximum absolute atomic E-state index is 4.87. The Balaban J connectivity index is 1.74. The van der Waals surface area contributed by atoms with Crippen LogP contribution in [0.5, 0.6) is 0 Å². The summed E-state index contributed by atoms with van der Waals surface area (Å²) in [5, 5.41) is 17.1. The fourth-order valence-electron chi connectivity index (χ4n) is 3.55. The van der Waals surface area contributed by atoms with Crippen molar-refractivity contribution < 1.29 is 0 Å². The minimum Gasteiger partial charge on any atom is -0.282 e. The molecule has 29 heavy (non-hydrogen) atoms. The average molecular weight is 406 g/mol. The summed E-state index contributed by atoms with van der Waals surface area (Å²) < 4.78 is 0. The summed E-state index contributed by atoms with van der Waals surface area (Å²) >= 11 is 1.80. The van der Waals surface area contributed by atoms with E-state index in [9.17, 15) is 0 Å². The number of nitrogens with zero attached hydrogens (tertiary/aromatic N) is 3. The van der Waals surface area contributed by atoms with Crippen LogP contribution in [0.15, 0.2) is 35.7 Å². The number of rotatable bonds is 8. The van der Waals surface area contributed by atoms with Gasteiger partial charge in [0.1, 0.15) is 11.4 Å². The molecule has 5 nitrogen and oxygen atoms in total. The van der Waals surface area contributed by atoms with E-state index in [1.54, 1.807) is 11.3 Å². The van der Waals surface area contributed by atoms with Crippen LogP contribution < -0.4 is 0 Å². The number of aryl methyl sites for hydroxylation is 3. The van der Waals surface area contributed by atoms with Crippen LogP contribution in [-0.4, -0.2) is 25.4 Å². The highest BCUT2D eigenvalue weighted by Gasteiger charge is 2.15. The molecule has 0 saturated heterocycles. The molecule has 2 N–H and O–H groups in total. The number of H-pyrrole nitrogens is 2. The van der Waals surface area contributed by atoms with Gasteiger partial charge in [0.25, 0.3) is 0 Å². The number of hydrogen-bond acceptors (Lipinski definition) is 4. The lowest BCUT2D eigenvalue weighted by Crippen LogP contribution is -1.93. The number of hydrogen-bond donors (Lipinski definition) is 2. The van der Waals surface area contributed by atoms with Crippen LogP contribution >= 0.6 is 11.3 Å². The van der Waals surface area contributed by atoms with Gasteiger partial charge < -0.3 is 0 Å². The Labute approximate surface area is 175 Å². The molecular weight excluding hydrogens is 378 g/mol. The lowest BCUT2D eigenvalue weighted by Gasteiger charge is -2.08. The van der Waals surface area contributed by atoms with Crippen LogP contribution in [0.2, 0.25) is 0 Å². The Morgan fingerprint density at radius 2 is 1.48 bits per heavy atom. The molecule has 0 aliphatic carbocycles. The third-order valence-electron chi connectivity index (χ3n) is 5.07. The second-order valence-corrected chi connectivity index (χ2v) is 8.50. The molecule has 150 valence electrons. The summed E-state index contributed by atoms with van der Waals surface area (Å²) in [5.74, 6) is 0. The Hall–Kier alpha value is -2.73. The zero-order valence-electron chi connectivity index (χ0n) is 17.2. The number of aromatic amines is 2. The highest BCUT2D eigenvalue weighted by Crippen LogP contribution is 2.35. The van der Waals surface area contributed by atoms with E-state index in [0.717, 1.165) is 40.6 Å². The molecule has 0 saturated carbocycles. The molecule has 0 aromatic carbocycles. The largest absolute Gasteiger partial charge is 0.282 e. The van der Waals surface area contributed by atoms with Gasteiger partial charge in [-0.2, -0.15) is 10.2 Å². The molecule has 0 amide bonds. The van der Waals surface area contributed by atoms with Crippen LogP contribution in [-0.2, 0) is 6.42 Å². The topological polar surface area (TPSA) is 70.2 Å². The number of nitrogens with one attached hydrogen (secondary N) is 2. The van der Waals surface area contributed by atoms with Gasteiger partial charge in [0.15, 0.2) is 0 Å². The van der Waals surface area contributed by atoms with Gasteiger partial charge >= 0.3 is 0 Å². The van der Waals surface area contributed by atoms with E-state index < -0.39 is 0 Å². The summed E-state index contributed by atoms with van der Waals surface area (Å²) in [6.07, 6.45) is 6.21. The molecule has 0 bridgehead atoms. The first-order valence-electron chi connectivity index (χ1n) is 10.3. The highest BCUT2D eigenvalue weighted by molar-refractivity contribution is 7.13. The number of pyridine rings is 1. The average Bonchev–Trinajstić information content (AvgIpc) is 3.46. The van der Waals surface area contributed by atoms with Gasteiger partial charge in [0.05, 0.1) is 11.4 Å². The van der Waals surface area contributed by atoms with Crippen LogP contribution in [0.25, 0.3) is 33.2 Å². The third kappa shape index (κ3) is 4.48. The first kappa shape index (κ1) is 19.6. The van der Waals surface area contributed by atoms with Crippen LogP contribution in [0, 0.1) is 13.8 Å². The van der Waals surface area contributed by atoms with E-state index in [1.165, 1.54) is 41.7 Å². The molecule has 0 atom stereocenters. The van der Waals surface area contributed by atoms with Crippen molar-refractivity contribution in [3.05, 3.63) is 52.7 Å².